The normalized spacial score (nSPS) is 25.3. The Hall–Kier alpha value is -4.21. The van der Waals surface area contributed by atoms with E-state index in [1.165, 1.54) is 0 Å². The Labute approximate surface area is 259 Å². The Morgan fingerprint density at radius 2 is 1.34 bits per heavy atom. The van der Waals surface area contributed by atoms with Gasteiger partial charge >= 0.3 is 5.97 Å². The smallest absolute Gasteiger partial charge is 0.305 e. The molecule has 2 fully saturated rings. The van der Waals surface area contributed by atoms with Gasteiger partial charge in [0.05, 0.1) is 6.42 Å². The minimum Gasteiger partial charge on any atom is -0.481 e. The van der Waals surface area contributed by atoms with E-state index in [9.17, 15) is 29.1 Å². The fourth-order valence-corrected chi connectivity index (χ4v) is 6.21. The molecule has 0 unspecified atom stereocenters. The molecule has 4 rings (SSSR count). The van der Waals surface area contributed by atoms with Crippen LogP contribution in [0.2, 0.25) is 0 Å². The summed E-state index contributed by atoms with van der Waals surface area (Å²) in [6, 6.07) is 15.5. The van der Waals surface area contributed by atoms with Gasteiger partial charge in [-0.05, 0) is 55.6 Å². The van der Waals surface area contributed by atoms with Gasteiger partial charge in [0.2, 0.25) is 23.6 Å². The van der Waals surface area contributed by atoms with Crippen molar-refractivity contribution in [2.24, 2.45) is 11.8 Å². The van der Waals surface area contributed by atoms with Crippen LogP contribution in [0, 0.1) is 11.8 Å². The number of carboxylic acids is 1. The Morgan fingerprint density at radius 3 is 1.95 bits per heavy atom. The Kier molecular flexibility index (Phi) is 11.5. The first-order valence-corrected chi connectivity index (χ1v) is 15.6. The van der Waals surface area contributed by atoms with Crippen LogP contribution in [0.1, 0.15) is 63.5 Å². The Bertz CT molecular complexity index is 1300. The number of benzene rings is 2. The summed E-state index contributed by atoms with van der Waals surface area (Å²) in [6.45, 7) is 4.46. The predicted octanol–water partition coefficient (Wildman–Crippen LogP) is 2.85. The molecule has 2 aromatic carbocycles. The lowest BCUT2D eigenvalue weighted by atomic mass is 9.91. The highest BCUT2D eigenvalue weighted by Crippen LogP contribution is 2.27. The molecule has 0 aromatic heterocycles. The van der Waals surface area contributed by atoms with E-state index < -0.39 is 48.2 Å². The second kappa shape index (κ2) is 15.5. The average Bonchev–Trinajstić information content (AvgIpc) is 3.46. The van der Waals surface area contributed by atoms with Crippen molar-refractivity contribution in [3.8, 4) is 0 Å². The van der Waals surface area contributed by atoms with E-state index in [0.29, 0.717) is 32.2 Å². The highest BCUT2D eigenvalue weighted by molar-refractivity contribution is 5.96. The lowest BCUT2D eigenvalue weighted by Gasteiger charge is -2.31. The molecule has 4 amide bonds. The summed E-state index contributed by atoms with van der Waals surface area (Å²) in [5, 5.41) is 17.9. The first-order valence-electron chi connectivity index (χ1n) is 15.6. The third-order valence-electron chi connectivity index (χ3n) is 8.45. The van der Waals surface area contributed by atoms with Gasteiger partial charge < -0.3 is 26.0 Å². The van der Waals surface area contributed by atoms with E-state index in [1.807, 2.05) is 79.4 Å². The van der Waals surface area contributed by atoms with E-state index in [-0.39, 0.29) is 30.2 Å². The van der Waals surface area contributed by atoms with Crippen molar-refractivity contribution in [2.45, 2.75) is 89.4 Å². The summed E-state index contributed by atoms with van der Waals surface area (Å²) in [4.78, 5) is 68.6. The maximum absolute atomic E-state index is 13.9. The molecule has 0 saturated carbocycles. The van der Waals surface area contributed by atoms with Gasteiger partial charge in [-0.25, -0.2) is 0 Å². The molecule has 0 aliphatic carbocycles. The van der Waals surface area contributed by atoms with Crippen molar-refractivity contribution >= 4 is 29.6 Å². The van der Waals surface area contributed by atoms with E-state index in [4.69, 9.17) is 0 Å². The fraction of sp³-hybridized carbons (Fsp3) is 0.500. The van der Waals surface area contributed by atoms with E-state index in [2.05, 4.69) is 16.0 Å². The minimum absolute atomic E-state index is 0.0761. The van der Waals surface area contributed by atoms with Gasteiger partial charge in [0, 0.05) is 24.9 Å². The molecule has 2 aliphatic heterocycles. The lowest BCUT2D eigenvalue weighted by Crippen LogP contribution is -2.58. The number of nitrogens with zero attached hydrogens (tertiary/aromatic N) is 1. The number of nitrogens with one attached hydrogen (secondary N) is 3. The number of carbonyl (C=O) groups is 5. The molecule has 4 N–H and O–H groups in total. The molecular weight excluding hydrogens is 560 g/mol. The molecule has 2 heterocycles. The van der Waals surface area contributed by atoms with Crippen LogP contribution in [-0.2, 0) is 36.8 Å². The molecule has 5 atom stereocenters. The second-order valence-corrected chi connectivity index (χ2v) is 12.4. The van der Waals surface area contributed by atoms with Crippen LogP contribution < -0.4 is 16.0 Å². The summed E-state index contributed by atoms with van der Waals surface area (Å²) in [7, 11) is 0. The quantitative estimate of drug-likeness (QED) is 0.365. The maximum Gasteiger partial charge on any atom is 0.305 e. The van der Waals surface area contributed by atoms with Gasteiger partial charge in [-0.3, -0.25) is 24.0 Å². The van der Waals surface area contributed by atoms with Crippen LogP contribution in [0.25, 0.3) is 0 Å². The highest BCUT2D eigenvalue weighted by Gasteiger charge is 2.38. The number of fused-ring (bicyclic) bond motifs is 1. The third kappa shape index (κ3) is 9.14. The van der Waals surface area contributed by atoms with Crippen LogP contribution in [0.5, 0.6) is 0 Å². The van der Waals surface area contributed by atoms with E-state index >= 15 is 0 Å². The molecule has 2 aliphatic rings. The van der Waals surface area contributed by atoms with Crippen LogP contribution in [0.4, 0.5) is 0 Å². The van der Waals surface area contributed by atoms with Crippen molar-refractivity contribution in [1.82, 2.24) is 20.9 Å². The summed E-state index contributed by atoms with van der Waals surface area (Å²) < 4.78 is 0. The zero-order chi connectivity index (χ0) is 31.6. The number of hydrogen-bond acceptors (Lipinski definition) is 5. The maximum atomic E-state index is 13.9. The van der Waals surface area contributed by atoms with E-state index in [0.717, 1.165) is 24.0 Å². The van der Waals surface area contributed by atoms with Crippen molar-refractivity contribution < 1.29 is 29.1 Å². The molecule has 236 valence electrons. The molecule has 44 heavy (non-hydrogen) atoms. The average molecular weight is 605 g/mol. The topological polar surface area (TPSA) is 145 Å². The van der Waals surface area contributed by atoms with Crippen LogP contribution in [0.3, 0.4) is 0 Å². The zero-order valence-corrected chi connectivity index (χ0v) is 25.5. The van der Waals surface area contributed by atoms with Crippen molar-refractivity contribution in [3.05, 3.63) is 71.8 Å². The summed E-state index contributed by atoms with van der Waals surface area (Å²) >= 11 is 0. The number of hydrogen-bond donors (Lipinski definition) is 4. The van der Waals surface area contributed by atoms with Gasteiger partial charge in [-0.2, -0.15) is 0 Å². The first kappa shape index (κ1) is 32.7. The van der Waals surface area contributed by atoms with Crippen LogP contribution in [-0.4, -0.2) is 70.3 Å². The van der Waals surface area contributed by atoms with Crippen molar-refractivity contribution in [3.63, 3.8) is 0 Å². The molecule has 2 aromatic rings. The van der Waals surface area contributed by atoms with Crippen LogP contribution in [0.15, 0.2) is 60.7 Å². The predicted molar refractivity (Wildman–Crippen MR) is 165 cm³/mol. The standard InChI is InChI=1S/C34H44N4O6/c1-22(2)18-29-34(44)38-17-9-14-26(38)16-15-25(19-23-10-5-3-6-11-23)31(41)35-27(20-24-12-7-4-8-13-24)32(42)36-28(21-30(39)40)33(43)37-29/h3-8,10-13,22,25-29H,9,14-21H2,1-2H3,(H,35,41)(H,36,42)(H,37,43)(H,39,40)/t25-,26-,27-,28-,29-/m0/s1. The molecule has 10 heteroatoms. The molecule has 10 nitrogen and oxygen atoms in total. The van der Waals surface area contributed by atoms with Gasteiger partial charge in [0.25, 0.3) is 0 Å². The van der Waals surface area contributed by atoms with Crippen molar-refractivity contribution in [2.75, 3.05) is 6.54 Å². The Balaban J connectivity index is 1.71. The minimum atomic E-state index is -1.43. The SMILES string of the molecule is CC(C)C[C@@H]1NC(=O)[C@H](CC(=O)O)NC(=O)[C@H](Cc2ccccc2)NC(=O)[C@H](Cc2ccccc2)CC[C@@H]2CCCN2C1=O. The molecule has 2 saturated heterocycles. The zero-order valence-electron chi connectivity index (χ0n) is 25.5. The van der Waals surface area contributed by atoms with Crippen molar-refractivity contribution in [1.29, 1.82) is 0 Å². The number of amides is 4. The summed E-state index contributed by atoms with van der Waals surface area (Å²) in [5.74, 6) is -3.58. The highest BCUT2D eigenvalue weighted by atomic mass is 16.4. The monoisotopic (exact) mass is 604 g/mol. The Morgan fingerprint density at radius 1 is 0.773 bits per heavy atom. The van der Waals surface area contributed by atoms with E-state index in [1.54, 1.807) is 0 Å². The van der Waals surface area contributed by atoms with Gasteiger partial charge in [0.1, 0.15) is 18.1 Å². The number of rotatable bonds is 8. The lowest BCUT2D eigenvalue weighted by molar-refractivity contribution is -0.142. The molecule has 0 radical (unpaired) electrons. The molecular formula is C34H44N4O6. The molecule has 0 bridgehead atoms. The van der Waals surface area contributed by atoms with Gasteiger partial charge in [0.15, 0.2) is 0 Å². The van der Waals surface area contributed by atoms with Gasteiger partial charge in [-0.15, -0.1) is 0 Å². The second-order valence-electron chi connectivity index (χ2n) is 12.4. The number of carboxylic acid groups (broad SMARTS) is 1. The summed E-state index contributed by atoms with van der Waals surface area (Å²) in [5.41, 5.74) is 1.79. The largest absolute Gasteiger partial charge is 0.481 e. The number of carbonyl (C=O) groups excluding carboxylic acids is 4. The third-order valence-corrected chi connectivity index (χ3v) is 8.45. The van der Waals surface area contributed by atoms with Gasteiger partial charge in [-0.1, -0.05) is 74.5 Å². The number of aliphatic carboxylic acids is 1. The summed E-state index contributed by atoms with van der Waals surface area (Å²) in [6.07, 6.45) is 3.06. The fourth-order valence-electron chi connectivity index (χ4n) is 6.21. The molecule has 0 spiro atoms. The first-order chi connectivity index (χ1) is 21.1. The van der Waals surface area contributed by atoms with Crippen LogP contribution >= 0.6 is 0 Å².